The number of rotatable bonds is 4. The van der Waals surface area contributed by atoms with Gasteiger partial charge in [-0.2, -0.15) is 79.0 Å². The van der Waals surface area contributed by atoms with E-state index in [9.17, 15) is 92.2 Å². The monoisotopic (exact) mass is 592 g/mol. The van der Waals surface area contributed by atoms with Crippen LogP contribution in [0.25, 0.3) is 0 Å². The Morgan fingerprint density at radius 1 is 0.500 bits per heavy atom. The van der Waals surface area contributed by atoms with Crippen molar-refractivity contribution in [1.82, 2.24) is 0 Å². The van der Waals surface area contributed by atoms with Crippen LogP contribution in [0.3, 0.4) is 0 Å². The lowest BCUT2D eigenvalue weighted by atomic mass is 9.74. The molecule has 1 rings (SSSR count). The van der Waals surface area contributed by atoms with Crippen LogP contribution in [0.2, 0.25) is 0 Å². The van der Waals surface area contributed by atoms with Gasteiger partial charge in [0.15, 0.2) is 0 Å². The SMILES string of the molecule is CCOC1(C(F)(C(F)(F)F)C(F)(F)F)OC(F)(C(F)(C(F)(F)F)C(F)(F)F)C(F)(F)C(F)(F)C1(F)F. The molecule has 0 spiro atoms. The lowest BCUT2D eigenvalue weighted by Crippen LogP contribution is -2.91. The summed E-state index contributed by atoms with van der Waals surface area (Å²) in [6.07, 6.45) is -33.4. The molecule has 0 aromatic rings. The molecule has 0 radical (unpaired) electrons. The van der Waals surface area contributed by atoms with E-state index in [0.29, 0.717) is 0 Å². The Kier molecular flexibility index (Phi) is 6.98. The minimum absolute atomic E-state index is 0.185. The molecule has 1 fully saturated rings. The maximum absolute atomic E-state index is 14.8. The molecule has 1 aliphatic heterocycles. The summed E-state index contributed by atoms with van der Waals surface area (Å²) in [4.78, 5) is 0. The highest BCUT2D eigenvalue weighted by atomic mass is 19.4. The van der Waals surface area contributed by atoms with Crippen LogP contribution in [-0.2, 0) is 9.47 Å². The summed E-state index contributed by atoms with van der Waals surface area (Å²) < 4.78 is 288. The van der Waals surface area contributed by atoms with Crippen LogP contribution in [0.1, 0.15) is 6.92 Å². The molecule has 0 N–H and O–H groups in total. The largest absolute Gasteiger partial charge is 0.437 e. The molecular formula is C13H5F21O2. The van der Waals surface area contributed by atoms with Gasteiger partial charge in [-0.15, -0.1) is 0 Å². The standard InChI is InChI=1S/C13H5F21O2/c1-2-35-9(4(15,12(29,30)31)13(32,33)34)7(20,21)5(16,17)6(18,19)8(22,36-9)3(14,10(23,24)25)11(26,27)28/h2H2,1H3. The van der Waals surface area contributed by atoms with E-state index in [1.54, 1.807) is 4.74 Å². The normalized spacial score (nSPS) is 29.8. The van der Waals surface area contributed by atoms with E-state index >= 15 is 0 Å². The van der Waals surface area contributed by atoms with E-state index in [2.05, 4.69) is 4.74 Å². The number of ether oxygens (including phenoxy) is 2. The van der Waals surface area contributed by atoms with Gasteiger partial charge in [-0.05, 0) is 6.92 Å². The first-order chi connectivity index (χ1) is 15.3. The van der Waals surface area contributed by atoms with Crippen molar-refractivity contribution in [2.24, 2.45) is 0 Å². The smallest absolute Gasteiger partial charge is 0.342 e. The minimum atomic E-state index is -8.82. The highest BCUT2D eigenvalue weighted by Crippen LogP contribution is 2.73. The molecule has 36 heavy (non-hydrogen) atoms. The van der Waals surface area contributed by atoms with Crippen molar-refractivity contribution in [2.45, 2.75) is 72.4 Å². The molecular weight excluding hydrogens is 587 g/mol. The molecule has 0 aliphatic carbocycles. The van der Waals surface area contributed by atoms with Crippen molar-refractivity contribution in [3.63, 3.8) is 0 Å². The van der Waals surface area contributed by atoms with Crippen LogP contribution >= 0.6 is 0 Å². The molecule has 2 nitrogen and oxygen atoms in total. The first-order valence-electron chi connectivity index (χ1n) is 8.08. The Morgan fingerprint density at radius 3 is 1.06 bits per heavy atom. The number of alkyl halides is 21. The fraction of sp³-hybridized carbons (Fsp3) is 1.00. The highest BCUT2D eigenvalue weighted by Gasteiger charge is 3.06. The van der Waals surface area contributed by atoms with Crippen LogP contribution in [0, 0.1) is 0 Å². The second-order valence-corrected chi connectivity index (χ2v) is 6.78. The van der Waals surface area contributed by atoms with Crippen molar-refractivity contribution in [3.05, 3.63) is 0 Å². The molecule has 23 heteroatoms. The number of hydrogen-bond acceptors (Lipinski definition) is 2. The molecule has 2 atom stereocenters. The summed E-state index contributed by atoms with van der Waals surface area (Å²) in [7, 11) is 0. The fourth-order valence-corrected chi connectivity index (χ4v) is 2.99. The van der Waals surface area contributed by atoms with Gasteiger partial charge in [-0.1, -0.05) is 0 Å². The van der Waals surface area contributed by atoms with Gasteiger partial charge >= 0.3 is 59.7 Å². The Labute approximate surface area is 182 Å². The lowest BCUT2D eigenvalue weighted by Gasteiger charge is -2.59. The molecule has 0 aromatic carbocycles. The fourth-order valence-electron chi connectivity index (χ4n) is 2.99. The van der Waals surface area contributed by atoms with Crippen LogP contribution in [0.15, 0.2) is 0 Å². The molecule has 216 valence electrons. The summed E-state index contributed by atoms with van der Waals surface area (Å²) in [5, 5.41) is 0. The Hall–Kier alpha value is -1.55. The van der Waals surface area contributed by atoms with Gasteiger partial charge in [0.05, 0.1) is 0 Å². The van der Waals surface area contributed by atoms with E-state index in [1.807, 2.05) is 0 Å². The zero-order chi connectivity index (χ0) is 29.6. The minimum Gasteiger partial charge on any atom is -0.342 e. The van der Waals surface area contributed by atoms with Crippen molar-refractivity contribution < 1.29 is 102 Å². The second kappa shape index (κ2) is 7.74. The van der Waals surface area contributed by atoms with Crippen molar-refractivity contribution in [1.29, 1.82) is 0 Å². The van der Waals surface area contributed by atoms with E-state index in [-0.39, 0.29) is 6.92 Å². The van der Waals surface area contributed by atoms with Gasteiger partial charge in [-0.3, -0.25) is 4.74 Å². The molecule has 2 unspecified atom stereocenters. The summed E-state index contributed by atoms with van der Waals surface area (Å²) in [5.41, 5.74) is -17.3. The third kappa shape index (κ3) is 3.31. The third-order valence-electron chi connectivity index (χ3n) is 4.70. The molecule has 0 aromatic heterocycles. The van der Waals surface area contributed by atoms with Crippen LogP contribution in [0.4, 0.5) is 92.2 Å². The topological polar surface area (TPSA) is 18.5 Å². The average Bonchev–Trinajstić information content (AvgIpc) is 2.60. The van der Waals surface area contributed by atoms with Gasteiger partial charge in [-0.25, -0.2) is 13.2 Å². The summed E-state index contributed by atoms with van der Waals surface area (Å²) in [6.45, 7) is -2.72. The zero-order valence-electron chi connectivity index (χ0n) is 16.0. The maximum Gasteiger partial charge on any atom is 0.437 e. The highest BCUT2D eigenvalue weighted by molar-refractivity contribution is 5.27. The zero-order valence-corrected chi connectivity index (χ0v) is 16.0. The maximum atomic E-state index is 14.8. The lowest BCUT2D eigenvalue weighted by molar-refractivity contribution is -0.600. The quantitative estimate of drug-likeness (QED) is 0.328. The Balaban J connectivity index is 4.58. The van der Waals surface area contributed by atoms with Gasteiger partial charge in [0, 0.05) is 6.61 Å². The van der Waals surface area contributed by atoms with Crippen LogP contribution in [0.5, 0.6) is 0 Å². The van der Waals surface area contributed by atoms with E-state index in [1.165, 1.54) is 0 Å². The van der Waals surface area contributed by atoms with Crippen molar-refractivity contribution >= 4 is 0 Å². The summed E-state index contributed by atoms with van der Waals surface area (Å²) in [5.74, 6) is -42.3. The van der Waals surface area contributed by atoms with Crippen molar-refractivity contribution in [2.75, 3.05) is 6.61 Å². The molecule has 1 aliphatic rings. The summed E-state index contributed by atoms with van der Waals surface area (Å²) >= 11 is 0. The predicted octanol–water partition coefficient (Wildman–Crippen LogP) is 6.99. The summed E-state index contributed by atoms with van der Waals surface area (Å²) in [6, 6.07) is 0. The van der Waals surface area contributed by atoms with E-state index < -0.39 is 72.1 Å². The van der Waals surface area contributed by atoms with Crippen molar-refractivity contribution in [3.8, 4) is 0 Å². The van der Waals surface area contributed by atoms with Crippen LogP contribution < -0.4 is 0 Å². The van der Waals surface area contributed by atoms with E-state index in [4.69, 9.17) is 0 Å². The van der Waals surface area contributed by atoms with Gasteiger partial charge < -0.3 is 4.74 Å². The number of halogens is 21. The van der Waals surface area contributed by atoms with E-state index in [0.717, 1.165) is 0 Å². The molecule has 0 amide bonds. The first kappa shape index (κ1) is 32.5. The second-order valence-electron chi connectivity index (χ2n) is 6.78. The number of hydrogen-bond donors (Lipinski definition) is 0. The van der Waals surface area contributed by atoms with Gasteiger partial charge in [0.1, 0.15) is 0 Å². The first-order valence-corrected chi connectivity index (χ1v) is 8.08. The van der Waals surface area contributed by atoms with Gasteiger partial charge in [0.25, 0.3) is 5.79 Å². The van der Waals surface area contributed by atoms with Gasteiger partial charge in [0.2, 0.25) is 0 Å². The third-order valence-corrected chi connectivity index (χ3v) is 4.70. The van der Waals surface area contributed by atoms with Crippen LogP contribution in [-0.4, -0.2) is 72.1 Å². The Bertz CT molecular complexity index is 805. The Morgan fingerprint density at radius 2 is 0.806 bits per heavy atom. The molecule has 0 saturated carbocycles. The average molecular weight is 592 g/mol. The molecule has 1 saturated heterocycles. The molecule has 1 heterocycles. The predicted molar refractivity (Wildman–Crippen MR) is 66.0 cm³/mol. The molecule has 0 bridgehead atoms.